The Morgan fingerprint density at radius 3 is 2.84 bits per heavy atom. The third kappa shape index (κ3) is 3.84. The van der Waals surface area contributed by atoms with Gasteiger partial charge in [-0.25, -0.2) is 0 Å². The fourth-order valence-corrected chi connectivity index (χ4v) is 3.02. The minimum Gasteiger partial charge on any atom is -0.343 e. The van der Waals surface area contributed by atoms with Crippen LogP contribution in [0, 0.1) is 0 Å². The summed E-state index contributed by atoms with van der Waals surface area (Å²) in [6.45, 7) is 3.01. The van der Waals surface area contributed by atoms with Gasteiger partial charge >= 0.3 is 0 Å². The summed E-state index contributed by atoms with van der Waals surface area (Å²) in [5.74, 6) is 0.0406. The molecule has 25 heavy (non-hydrogen) atoms. The lowest BCUT2D eigenvalue weighted by atomic mass is 10.1. The number of aromatic nitrogens is 2. The van der Waals surface area contributed by atoms with Gasteiger partial charge in [-0.05, 0) is 18.6 Å². The van der Waals surface area contributed by atoms with E-state index in [0.29, 0.717) is 25.9 Å². The predicted molar refractivity (Wildman–Crippen MR) is 93.8 cm³/mol. The second-order valence-corrected chi connectivity index (χ2v) is 6.39. The number of nitrogens with zero attached hydrogens (tertiary/aromatic N) is 4. The SMILES string of the molecule is CC(Cc1cnccn1)N(C)C(=O)CCN1Cc2ccccc2C1=O. The van der Waals surface area contributed by atoms with Gasteiger partial charge in [0.05, 0.1) is 5.69 Å². The Morgan fingerprint density at radius 1 is 1.32 bits per heavy atom. The molecule has 0 spiro atoms. The molecule has 0 bridgehead atoms. The minimum atomic E-state index is 0.0126. The number of carbonyl (C=O) groups is 2. The Kier molecular flexibility index (Phi) is 5.07. The summed E-state index contributed by atoms with van der Waals surface area (Å²) in [4.78, 5) is 36.6. The van der Waals surface area contributed by atoms with Gasteiger partial charge < -0.3 is 9.80 Å². The van der Waals surface area contributed by atoms with E-state index >= 15 is 0 Å². The molecule has 0 saturated carbocycles. The fourth-order valence-electron chi connectivity index (χ4n) is 3.02. The van der Waals surface area contributed by atoms with E-state index in [2.05, 4.69) is 9.97 Å². The fraction of sp³-hybridized carbons (Fsp3) is 0.368. The van der Waals surface area contributed by atoms with E-state index in [-0.39, 0.29) is 17.9 Å². The van der Waals surface area contributed by atoms with Crippen molar-refractivity contribution in [3.63, 3.8) is 0 Å². The molecule has 1 aromatic heterocycles. The average molecular weight is 338 g/mol. The van der Waals surface area contributed by atoms with Gasteiger partial charge in [0.25, 0.3) is 5.91 Å². The normalized spacial score (nSPS) is 14.3. The Bertz CT molecular complexity index is 763. The van der Waals surface area contributed by atoms with Crippen LogP contribution in [-0.4, -0.2) is 51.2 Å². The van der Waals surface area contributed by atoms with Crippen LogP contribution in [0.4, 0.5) is 0 Å². The van der Waals surface area contributed by atoms with Gasteiger partial charge in [0.15, 0.2) is 0 Å². The minimum absolute atomic E-state index is 0.0126. The first kappa shape index (κ1) is 17.1. The van der Waals surface area contributed by atoms with Crippen molar-refractivity contribution in [1.29, 1.82) is 0 Å². The summed E-state index contributed by atoms with van der Waals surface area (Å²) in [6, 6.07) is 7.63. The van der Waals surface area contributed by atoms with Crippen LogP contribution >= 0.6 is 0 Å². The predicted octanol–water partition coefficient (Wildman–Crippen LogP) is 1.91. The molecule has 0 fully saturated rings. The lowest BCUT2D eigenvalue weighted by Crippen LogP contribution is -2.38. The molecule has 2 heterocycles. The maximum Gasteiger partial charge on any atom is 0.254 e. The number of amides is 2. The highest BCUT2D eigenvalue weighted by Crippen LogP contribution is 2.22. The number of benzene rings is 1. The van der Waals surface area contributed by atoms with Crippen molar-refractivity contribution in [2.75, 3.05) is 13.6 Å². The number of fused-ring (bicyclic) bond motifs is 1. The van der Waals surface area contributed by atoms with E-state index in [0.717, 1.165) is 16.8 Å². The Morgan fingerprint density at radius 2 is 2.12 bits per heavy atom. The smallest absolute Gasteiger partial charge is 0.254 e. The number of hydrogen-bond donors (Lipinski definition) is 0. The van der Waals surface area contributed by atoms with Crippen molar-refractivity contribution in [2.24, 2.45) is 0 Å². The van der Waals surface area contributed by atoms with Crippen LogP contribution in [0.25, 0.3) is 0 Å². The maximum atomic E-state index is 12.5. The van der Waals surface area contributed by atoms with E-state index in [9.17, 15) is 9.59 Å². The van der Waals surface area contributed by atoms with Gasteiger partial charge in [0, 0.05) is 63.2 Å². The molecule has 2 amide bonds. The van der Waals surface area contributed by atoms with Crippen LogP contribution in [0.2, 0.25) is 0 Å². The van der Waals surface area contributed by atoms with Crippen LogP contribution < -0.4 is 0 Å². The summed E-state index contributed by atoms with van der Waals surface area (Å²) in [5, 5.41) is 0. The van der Waals surface area contributed by atoms with Crippen LogP contribution in [0.1, 0.15) is 35.0 Å². The van der Waals surface area contributed by atoms with Gasteiger partial charge in [0.2, 0.25) is 5.91 Å². The molecular formula is C19H22N4O2. The highest BCUT2D eigenvalue weighted by molar-refractivity contribution is 5.98. The first-order chi connectivity index (χ1) is 12.1. The summed E-state index contributed by atoms with van der Waals surface area (Å²) >= 11 is 0. The molecule has 2 aromatic rings. The molecule has 3 rings (SSSR count). The zero-order valence-corrected chi connectivity index (χ0v) is 14.6. The van der Waals surface area contributed by atoms with Crippen molar-refractivity contribution in [3.05, 3.63) is 59.7 Å². The number of hydrogen-bond acceptors (Lipinski definition) is 4. The largest absolute Gasteiger partial charge is 0.343 e. The Balaban J connectivity index is 1.52. The van der Waals surface area contributed by atoms with Crippen LogP contribution in [0.5, 0.6) is 0 Å². The van der Waals surface area contributed by atoms with Crippen molar-refractivity contribution in [3.8, 4) is 0 Å². The van der Waals surface area contributed by atoms with Gasteiger partial charge in [-0.1, -0.05) is 18.2 Å². The van der Waals surface area contributed by atoms with Crippen LogP contribution in [-0.2, 0) is 17.8 Å². The van der Waals surface area contributed by atoms with Crippen molar-refractivity contribution in [1.82, 2.24) is 19.8 Å². The molecule has 0 radical (unpaired) electrons. The van der Waals surface area contributed by atoms with E-state index in [4.69, 9.17) is 0 Å². The summed E-state index contributed by atoms with van der Waals surface area (Å²) in [5.41, 5.74) is 2.64. The average Bonchev–Trinajstić information content (AvgIpc) is 2.96. The van der Waals surface area contributed by atoms with E-state index in [1.54, 1.807) is 35.4 Å². The quantitative estimate of drug-likeness (QED) is 0.807. The van der Waals surface area contributed by atoms with Gasteiger partial charge in [0.1, 0.15) is 0 Å². The zero-order chi connectivity index (χ0) is 17.8. The Hall–Kier alpha value is -2.76. The van der Waals surface area contributed by atoms with Gasteiger partial charge in [-0.2, -0.15) is 0 Å². The standard InChI is InChI=1S/C19H22N4O2/c1-14(11-16-12-20-8-9-21-16)22(2)18(24)7-10-23-13-15-5-3-4-6-17(15)19(23)25/h3-6,8-9,12,14H,7,10-11,13H2,1-2H3. The zero-order valence-electron chi connectivity index (χ0n) is 14.6. The molecule has 130 valence electrons. The molecule has 1 aromatic carbocycles. The summed E-state index contributed by atoms with van der Waals surface area (Å²) in [7, 11) is 1.80. The van der Waals surface area contributed by atoms with Crippen molar-refractivity contribution >= 4 is 11.8 Å². The Labute approximate surface area is 147 Å². The monoisotopic (exact) mass is 338 g/mol. The molecule has 6 heteroatoms. The van der Waals surface area contributed by atoms with Gasteiger partial charge in [-0.15, -0.1) is 0 Å². The molecule has 0 N–H and O–H groups in total. The summed E-state index contributed by atoms with van der Waals surface area (Å²) in [6.07, 6.45) is 5.98. The second-order valence-electron chi connectivity index (χ2n) is 6.39. The lowest BCUT2D eigenvalue weighted by molar-refractivity contribution is -0.131. The van der Waals surface area contributed by atoms with Gasteiger partial charge in [-0.3, -0.25) is 19.6 Å². The highest BCUT2D eigenvalue weighted by Gasteiger charge is 2.27. The maximum absolute atomic E-state index is 12.5. The first-order valence-electron chi connectivity index (χ1n) is 8.44. The number of rotatable bonds is 6. The second kappa shape index (κ2) is 7.42. The number of carbonyl (C=O) groups excluding carboxylic acids is 2. The molecule has 1 unspecified atom stereocenters. The first-order valence-corrected chi connectivity index (χ1v) is 8.44. The van der Waals surface area contributed by atoms with Crippen LogP contribution in [0.15, 0.2) is 42.9 Å². The topological polar surface area (TPSA) is 66.4 Å². The molecule has 1 aliphatic heterocycles. The van der Waals surface area contributed by atoms with Crippen molar-refractivity contribution in [2.45, 2.75) is 32.4 Å². The van der Waals surface area contributed by atoms with Crippen LogP contribution in [0.3, 0.4) is 0 Å². The van der Waals surface area contributed by atoms with E-state index in [1.165, 1.54) is 0 Å². The molecular weight excluding hydrogens is 316 g/mol. The molecule has 1 atom stereocenters. The molecule has 0 aliphatic carbocycles. The van der Waals surface area contributed by atoms with E-state index in [1.807, 2.05) is 31.2 Å². The third-order valence-corrected chi connectivity index (χ3v) is 4.67. The lowest BCUT2D eigenvalue weighted by Gasteiger charge is -2.26. The molecule has 0 saturated heterocycles. The number of likely N-dealkylation sites (N-methyl/N-ethyl adjacent to an activating group) is 1. The van der Waals surface area contributed by atoms with E-state index < -0.39 is 0 Å². The molecule has 6 nitrogen and oxygen atoms in total. The highest BCUT2D eigenvalue weighted by atomic mass is 16.2. The third-order valence-electron chi connectivity index (χ3n) is 4.67. The van der Waals surface area contributed by atoms with Crippen molar-refractivity contribution < 1.29 is 9.59 Å². The molecule has 1 aliphatic rings. The summed E-state index contributed by atoms with van der Waals surface area (Å²) < 4.78 is 0.